The zero-order valence-electron chi connectivity index (χ0n) is 9.09. The van der Waals surface area contributed by atoms with Gasteiger partial charge in [0.2, 0.25) is 0 Å². The first-order chi connectivity index (χ1) is 7.62. The lowest BCUT2D eigenvalue weighted by molar-refractivity contribution is 0.147. The van der Waals surface area contributed by atoms with E-state index in [0.29, 0.717) is 0 Å². The van der Waals surface area contributed by atoms with Gasteiger partial charge in [0.1, 0.15) is 5.75 Å². The van der Waals surface area contributed by atoms with E-state index in [1.165, 1.54) is 24.0 Å². The monoisotopic (exact) mass is 282 g/mol. The van der Waals surface area contributed by atoms with Gasteiger partial charge in [-0.1, -0.05) is 0 Å². The van der Waals surface area contributed by atoms with Gasteiger partial charge < -0.3 is 10.2 Å². The molecule has 0 amide bonds. The Bertz CT molecular complexity index is 450. The second kappa shape index (κ2) is 3.47. The lowest BCUT2D eigenvalue weighted by Crippen LogP contribution is -2.10. The summed E-state index contributed by atoms with van der Waals surface area (Å²) < 4.78 is 0.806. The Kier molecular flexibility index (Phi) is 2.30. The molecular weight excluding hydrogens is 268 g/mol. The van der Waals surface area contributed by atoms with Gasteiger partial charge in [0.15, 0.2) is 0 Å². The van der Waals surface area contributed by atoms with Gasteiger partial charge in [-0.05, 0) is 71.6 Å². The molecule has 2 nitrogen and oxygen atoms in total. The number of fused-ring (bicyclic) bond motifs is 1. The summed E-state index contributed by atoms with van der Waals surface area (Å²) in [6, 6.07) is 2.02. The second-order valence-corrected chi connectivity index (χ2v) is 5.76. The molecule has 16 heavy (non-hydrogen) atoms. The summed E-state index contributed by atoms with van der Waals surface area (Å²) in [4.78, 5) is 0. The van der Waals surface area contributed by atoms with Gasteiger partial charge in [-0.25, -0.2) is 0 Å². The van der Waals surface area contributed by atoms with Crippen LogP contribution in [0.3, 0.4) is 0 Å². The number of halogens is 1. The standard InChI is InChI=1S/C13H15BrO2/c14-11-9-4-2-1-3-8(9)7-10(12(11)15)13(16)5-6-13/h7,15-16H,1-6H2. The highest BCUT2D eigenvalue weighted by molar-refractivity contribution is 9.10. The van der Waals surface area contributed by atoms with Crippen molar-refractivity contribution in [2.75, 3.05) is 0 Å². The third kappa shape index (κ3) is 1.49. The summed E-state index contributed by atoms with van der Waals surface area (Å²) in [5, 5.41) is 20.2. The molecule has 2 aliphatic carbocycles. The highest BCUT2D eigenvalue weighted by Crippen LogP contribution is 2.51. The Morgan fingerprint density at radius 2 is 1.88 bits per heavy atom. The molecule has 1 fully saturated rings. The minimum Gasteiger partial charge on any atom is -0.506 e. The second-order valence-electron chi connectivity index (χ2n) is 4.96. The summed E-state index contributed by atoms with van der Waals surface area (Å²) >= 11 is 3.48. The van der Waals surface area contributed by atoms with Crippen LogP contribution in [-0.4, -0.2) is 10.2 Å². The highest BCUT2D eigenvalue weighted by Gasteiger charge is 2.45. The fourth-order valence-corrected chi connectivity index (χ4v) is 3.25. The first kappa shape index (κ1) is 10.6. The summed E-state index contributed by atoms with van der Waals surface area (Å²) in [5.41, 5.74) is 2.50. The molecule has 2 N–H and O–H groups in total. The lowest BCUT2D eigenvalue weighted by Gasteiger charge is -2.22. The van der Waals surface area contributed by atoms with Crippen molar-refractivity contribution in [3.8, 4) is 5.75 Å². The molecule has 86 valence electrons. The van der Waals surface area contributed by atoms with Crippen molar-refractivity contribution >= 4 is 15.9 Å². The molecule has 2 aliphatic rings. The molecule has 1 aromatic carbocycles. The van der Waals surface area contributed by atoms with Gasteiger partial charge in [0.25, 0.3) is 0 Å². The number of phenols is 1. The molecule has 1 aromatic rings. The van der Waals surface area contributed by atoms with Crippen molar-refractivity contribution in [2.24, 2.45) is 0 Å². The summed E-state index contributed by atoms with van der Waals surface area (Å²) in [5.74, 6) is 0.251. The van der Waals surface area contributed by atoms with E-state index >= 15 is 0 Å². The molecule has 0 unspecified atom stereocenters. The molecule has 3 heteroatoms. The van der Waals surface area contributed by atoms with Gasteiger partial charge in [-0.15, -0.1) is 0 Å². The Morgan fingerprint density at radius 1 is 1.19 bits per heavy atom. The lowest BCUT2D eigenvalue weighted by atomic mass is 9.88. The molecule has 3 rings (SSSR count). The van der Waals surface area contributed by atoms with Crippen LogP contribution in [0.1, 0.15) is 42.4 Å². The predicted molar refractivity (Wildman–Crippen MR) is 65.6 cm³/mol. The molecule has 1 saturated carbocycles. The SMILES string of the molecule is Oc1c(C2(O)CC2)cc2c(c1Br)CCCC2. The number of aromatic hydroxyl groups is 1. The first-order valence-electron chi connectivity index (χ1n) is 5.88. The molecule has 0 radical (unpaired) electrons. The van der Waals surface area contributed by atoms with Crippen LogP contribution in [0.2, 0.25) is 0 Å². The van der Waals surface area contributed by atoms with E-state index in [2.05, 4.69) is 15.9 Å². The van der Waals surface area contributed by atoms with Crippen molar-refractivity contribution in [1.29, 1.82) is 0 Å². The first-order valence-corrected chi connectivity index (χ1v) is 6.67. The fraction of sp³-hybridized carbons (Fsp3) is 0.538. The number of phenolic OH excluding ortho intramolecular Hbond substituents is 1. The average molecular weight is 283 g/mol. The van der Waals surface area contributed by atoms with Gasteiger partial charge in [0, 0.05) is 5.56 Å². The Balaban J connectivity index is 2.17. The molecule has 0 saturated heterocycles. The van der Waals surface area contributed by atoms with Crippen molar-refractivity contribution in [1.82, 2.24) is 0 Å². The predicted octanol–water partition coefficient (Wildman–Crippen LogP) is 3.01. The topological polar surface area (TPSA) is 40.5 Å². The van der Waals surface area contributed by atoms with Gasteiger partial charge in [-0.2, -0.15) is 0 Å². The van der Waals surface area contributed by atoms with Crippen LogP contribution in [-0.2, 0) is 18.4 Å². The largest absolute Gasteiger partial charge is 0.506 e. The van der Waals surface area contributed by atoms with Crippen molar-refractivity contribution in [3.63, 3.8) is 0 Å². The third-order valence-corrected chi connectivity index (χ3v) is 4.64. The van der Waals surface area contributed by atoms with Crippen LogP contribution < -0.4 is 0 Å². The van der Waals surface area contributed by atoms with Gasteiger partial charge in [0.05, 0.1) is 10.1 Å². The van der Waals surface area contributed by atoms with Crippen LogP contribution in [0, 0.1) is 0 Å². The van der Waals surface area contributed by atoms with E-state index in [1.807, 2.05) is 6.07 Å². The van der Waals surface area contributed by atoms with E-state index in [9.17, 15) is 10.2 Å². The Hall–Kier alpha value is -0.540. The molecule has 0 heterocycles. The maximum absolute atomic E-state index is 10.1. The number of aliphatic hydroxyl groups is 1. The van der Waals surface area contributed by atoms with Crippen molar-refractivity contribution in [3.05, 3.63) is 27.2 Å². The molecule has 0 aromatic heterocycles. The Labute approximate surface area is 103 Å². The Morgan fingerprint density at radius 3 is 2.56 bits per heavy atom. The van der Waals surface area contributed by atoms with E-state index < -0.39 is 5.60 Å². The maximum Gasteiger partial charge on any atom is 0.136 e. The molecule has 0 bridgehead atoms. The normalized spacial score (nSPS) is 21.6. The minimum absolute atomic E-state index is 0.251. The van der Waals surface area contributed by atoms with Crippen LogP contribution in [0.15, 0.2) is 10.5 Å². The number of aryl methyl sites for hydroxylation is 1. The van der Waals surface area contributed by atoms with Crippen LogP contribution >= 0.6 is 15.9 Å². The molecule has 0 spiro atoms. The van der Waals surface area contributed by atoms with E-state index in [0.717, 1.165) is 35.7 Å². The smallest absolute Gasteiger partial charge is 0.136 e. The van der Waals surface area contributed by atoms with E-state index in [-0.39, 0.29) is 5.75 Å². The third-order valence-electron chi connectivity index (χ3n) is 3.78. The van der Waals surface area contributed by atoms with Crippen molar-refractivity contribution in [2.45, 2.75) is 44.1 Å². The van der Waals surface area contributed by atoms with Crippen LogP contribution in [0.5, 0.6) is 5.75 Å². The quantitative estimate of drug-likeness (QED) is 0.831. The fourth-order valence-electron chi connectivity index (χ4n) is 2.58. The van der Waals surface area contributed by atoms with Gasteiger partial charge in [-0.3, -0.25) is 0 Å². The van der Waals surface area contributed by atoms with Gasteiger partial charge >= 0.3 is 0 Å². The maximum atomic E-state index is 10.1. The number of benzene rings is 1. The van der Waals surface area contributed by atoms with E-state index in [1.54, 1.807) is 0 Å². The number of hydrogen-bond acceptors (Lipinski definition) is 2. The van der Waals surface area contributed by atoms with Crippen LogP contribution in [0.4, 0.5) is 0 Å². The molecule has 0 atom stereocenters. The van der Waals surface area contributed by atoms with E-state index in [4.69, 9.17) is 0 Å². The minimum atomic E-state index is -0.751. The molecular formula is C13H15BrO2. The number of hydrogen-bond donors (Lipinski definition) is 2. The zero-order valence-corrected chi connectivity index (χ0v) is 10.7. The summed E-state index contributed by atoms with van der Waals surface area (Å²) in [7, 11) is 0. The molecule has 0 aliphatic heterocycles. The van der Waals surface area contributed by atoms with Crippen LogP contribution in [0.25, 0.3) is 0 Å². The van der Waals surface area contributed by atoms with Crippen molar-refractivity contribution < 1.29 is 10.2 Å². The summed E-state index contributed by atoms with van der Waals surface area (Å²) in [6.07, 6.45) is 6.04. The average Bonchev–Trinajstić information content (AvgIpc) is 3.03. The highest BCUT2D eigenvalue weighted by atomic mass is 79.9. The summed E-state index contributed by atoms with van der Waals surface area (Å²) in [6.45, 7) is 0. The number of rotatable bonds is 1. The zero-order chi connectivity index (χ0) is 11.3.